The number of hydrogen-bond donors (Lipinski definition) is 2. The fraction of sp³-hybridized carbons (Fsp3) is 0.750. The third kappa shape index (κ3) is 9.88. The zero-order chi connectivity index (χ0) is 14.8. The van der Waals surface area contributed by atoms with E-state index in [-0.39, 0.29) is 12.7 Å². The van der Waals surface area contributed by atoms with Crippen molar-refractivity contribution in [1.82, 2.24) is 0 Å². The Morgan fingerprint density at radius 2 is 2.16 bits per heavy atom. The molecule has 2 N–H and O–H groups in total. The maximum Gasteiger partial charge on any atom is 0.0779 e. The van der Waals surface area contributed by atoms with E-state index in [1.807, 2.05) is 0 Å². The number of aliphatic hydroxyl groups excluding tert-OH is 2. The minimum Gasteiger partial charge on any atom is -0.394 e. The molecule has 0 radical (unpaired) electrons. The van der Waals surface area contributed by atoms with Gasteiger partial charge in [0, 0.05) is 0 Å². The number of aliphatic hydroxyl groups is 2. The molecule has 0 amide bonds. The average molecular weight is 270 g/mol. The summed E-state index contributed by atoms with van der Waals surface area (Å²) in [6.45, 7) is 12.0. The molecule has 0 heterocycles. The summed E-state index contributed by atoms with van der Waals surface area (Å²) >= 11 is 0. The lowest BCUT2D eigenvalue weighted by Gasteiger charge is -2.19. The molecule has 0 bridgehead atoms. The van der Waals surface area contributed by atoms with Crippen molar-refractivity contribution in [2.45, 2.75) is 59.2 Å². The first-order valence-electron chi connectivity index (χ1n) is 7.08. The lowest BCUT2D eigenvalue weighted by Crippen LogP contribution is -2.19. The van der Waals surface area contributed by atoms with Crippen molar-refractivity contribution in [3.05, 3.63) is 23.8 Å². The molecule has 0 aromatic carbocycles. The Hall–Kier alpha value is -0.640. The maximum absolute atomic E-state index is 8.69. The lowest BCUT2D eigenvalue weighted by atomic mass is 9.86. The average Bonchev–Trinajstić information content (AvgIpc) is 2.37. The van der Waals surface area contributed by atoms with Crippen LogP contribution < -0.4 is 0 Å². The lowest BCUT2D eigenvalue weighted by molar-refractivity contribution is -0.0177. The van der Waals surface area contributed by atoms with E-state index in [2.05, 4.69) is 26.5 Å². The van der Waals surface area contributed by atoms with Crippen molar-refractivity contribution < 1.29 is 14.9 Å². The van der Waals surface area contributed by atoms with Gasteiger partial charge in [0.2, 0.25) is 0 Å². The molecule has 3 heteroatoms. The predicted molar refractivity (Wildman–Crippen MR) is 80.1 cm³/mol. The van der Waals surface area contributed by atoms with Crippen LogP contribution in [-0.2, 0) is 4.74 Å². The van der Waals surface area contributed by atoms with Crippen molar-refractivity contribution in [2.24, 2.45) is 5.92 Å². The van der Waals surface area contributed by atoms with Crippen LogP contribution >= 0.6 is 0 Å². The van der Waals surface area contributed by atoms with E-state index in [0.29, 0.717) is 6.61 Å². The van der Waals surface area contributed by atoms with Gasteiger partial charge < -0.3 is 14.9 Å². The Morgan fingerprint density at radius 3 is 2.53 bits per heavy atom. The number of rotatable bonds is 5. The summed E-state index contributed by atoms with van der Waals surface area (Å²) < 4.78 is 4.95. The zero-order valence-corrected chi connectivity index (χ0v) is 12.9. The number of ether oxygens (including phenoxy) is 1. The molecule has 1 rings (SSSR count). The molecule has 1 aliphatic rings. The summed E-state index contributed by atoms with van der Waals surface area (Å²) in [5, 5.41) is 17.1. The molecular weight excluding hydrogens is 240 g/mol. The third-order valence-electron chi connectivity index (χ3n) is 3.21. The van der Waals surface area contributed by atoms with Crippen LogP contribution in [0.25, 0.3) is 0 Å². The first-order valence-corrected chi connectivity index (χ1v) is 7.08. The van der Waals surface area contributed by atoms with Gasteiger partial charge in [-0.15, -0.1) is 0 Å². The molecule has 0 spiro atoms. The molecule has 3 nitrogen and oxygen atoms in total. The molecular formula is C16H30O3. The van der Waals surface area contributed by atoms with E-state index < -0.39 is 6.10 Å². The van der Waals surface area contributed by atoms with Crippen LogP contribution in [0.1, 0.15) is 47.0 Å². The highest BCUT2D eigenvalue weighted by atomic mass is 16.5. The van der Waals surface area contributed by atoms with Gasteiger partial charge in [-0.05, 0) is 52.9 Å². The topological polar surface area (TPSA) is 49.7 Å². The van der Waals surface area contributed by atoms with Crippen molar-refractivity contribution in [3.8, 4) is 0 Å². The summed E-state index contributed by atoms with van der Waals surface area (Å²) in [6.07, 6.45) is 5.55. The van der Waals surface area contributed by atoms with Crippen LogP contribution in [0.4, 0.5) is 0 Å². The van der Waals surface area contributed by atoms with E-state index in [0.717, 1.165) is 5.92 Å². The van der Waals surface area contributed by atoms with Crippen molar-refractivity contribution in [2.75, 3.05) is 13.2 Å². The zero-order valence-electron chi connectivity index (χ0n) is 12.9. The molecule has 3 unspecified atom stereocenters. The molecule has 0 aromatic heterocycles. The van der Waals surface area contributed by atoms with E-state index in [1.54, 1.807) is 19.4 Å². The number of hydrogen-bond acceptors (Lipinski definition) is 3. The van der Waals surface area contributed by atoms with Crippen LogP contribution in [0.5, 0.6) is 0 Å². The van der Waals surface area contributed by atoms with Gasteiger partial charge in [-0.2, -0.15) is 0 Å². The molecule has 0 saturated carbocycles. The molecule has 0 saturated heterocycles. The second-order valence-corrected chi connectivity index (χ2v) is 5.54. The van der Waals surface area contributed by atoms with Crippen molar-refractivity contribution in [1.29, 1.82) is 0 Å². The number of allylic oxidation sites excluding steroid dienone is 3. The summed E-state index contributed by atoms with van der Waals surface area (Å²) in [4.78, 5) is 0. The van der Waals surface area contributed by atoms with Crippen LogP contribution in [0.3, 0.4) is 0 Å². The highest BCUT2D eigenvalue weighted by Crippen LogP contribution is 2.27. The van der Waals surface area contributed by atoms with Gasteiger partial charge in [0.15, 0.2) is 0 Å². The van der Waals surface area contributed by atoms with Gasteiger partial charge in [0.1, 0.15) is 0 Å². The summed E-state index contributed by atoms with van der Waals surface area (Å²) in [5.41, 5.74) is 2.90. The monoisotopic (exact) mass is 270 g/mol. The van der Waals surface area contributed by atoms with Gasteiger partial charge in [-0.3, -0.25) is 0 Å². The Bertz CT molecular complexity index is 282. The Kier molecular flexibility index (Phi) is 9.84. The van der Waals surface area contributed by atoms with Crippen molar-refractivity contribution in [3.63, 3.8) is 0 Å². The summed E-state index contributed by atoms with van der Waals surface area (Å²) in [6, 6.07) is 0. The van der Waals surface area contributed by atoms with Gasteiger partial charge in [0.25, 0.3) is 0 Å². The fourth-order valence-electron chi connectivity index (χ4n) is 1.77. The molecule has 3 atom stereocenters. The molecule has 1 aliphatic carbocycles. The minimum absolute atomic E-state index is 0.00667. The maximum atomic E-state index is 8.69. The third-order valence-corrected chi connectivity index (χ3v) is 3.21. The molecule has 19 heavy (non-hydrogen) atoms. The van der Waals surface area contributed by atoms with Crippen LogP contribution in [-0.4, -0.2) is 35.6 Å². The SMILES string of the molecule is C=C(C)C1CC=C(C)CC1.CC(O)COC(C)CO. The normalized spacial score (nSPS) is 21.8. The van der Waals surface area contributed by atoms with E-state index in [4.69, 9.17) is 14.9 Å². The highest BCUT2D eigenvalue weighted by Gasteiger charge is 2.11. The first-order chi connectivity index (χ1) is 8.86. The Balaban J connectivity index is 0.000000344. The largest absolute Gasteiger partial charge is 0.394 e. The van der Waals surface area contributed by atoms with E-state index >= 15 is 0 Å². The predicted octanol–water partition coefficient (Wildman–Crippen LogP) is 3.07. The molecule has 112 valence electrons. The van der Waals surface area contributed by atoms with Gasteiger partial charge in [-0.25, -0.2) is 0 Å². The summed E-state index contributed by atoms with van der Waals surface area (Å²) in [7, 11) is 0. The van der Waals surface area contributed by atoms with Crippen molar-refractivity contribution >= 4 is 0 Å². The van der Waals surface area contributed by atoms with Gasteiger partial charge >= 0.3 is 0 Å². The molecule has 0 fully saturated rings. The van der Waals surface area contributed by atoms with Crippen LogP contribution in [0.15, 0.2) is 23.8 Å². The summed E-state index contributed by atoms with van der Waals surface area (Å²) in [5.74, 6) is 0.767. The van der Waals surface area contributed by atoms with E-state index in [9.17, 15) is 0 Å². The van der Waals surface area contributed by atoms with Crippen LogP contribution in [0.2, 0.25) is 0 Å². The minimum atomic E-state index is -0.445. The van der Waals surface area contributed by atoms with Crippen LogP contribution in [0, 0.1) is 5.92 Å². The second kappa shape index (κ2) is 10.2. The molecule has 0 aliphatic heterocycles. The smallest absolute Gasteiger partial charge is 0.0779 e. The van der Waals surface area contributed by atoms with Gasteiger partial charge in [0.05, 0.1) is 25.4 Å². The standard InChI is InChI=1S/C10H16.C6H14O3/c1-8(2)10-6-4-9(3)5-7-10;1-5(8)4-9-6(2)3-7/h4,10H,1,5-7H2,2-3H3;5-8H,3-4H2,1-2H3. The fourth-order valence-corrected chi connectivity index (χ4v) is 1.77. The van der Waals surface area contributed by atoms with Gasteiger partial charge in [-0.1, -0.05) is 23.8 Å². The Labute approximate surface area is 118 Å². The Morgan fingerprint density at radius 1 is 1.53 bits per heavy atom. The molecule has 0 aromatic rings. The second-order valence-electron chi connectivity index (χ2n) is 5.54. The van der Waals surface area contributed by atoms with E-state index in [1.165, 1.54) is 24.8 Å². The first kappa shape index (κ1) is 18.4. The highest BCUT2D eigenvalue weighted by molar-refractivity contribution is 5.09. The quantitative estimate of drug-likeness (QED) is 0.755.